The number of piperazine rings is 1. The lowest BCUT2D eigenvalue weighted by molar-refractivity contribution is -0.173. The number of benzene rings is 1. The van der Waals surface area contributed by atoms with Gasteiger partial charge in [0.25, 0.3) is 5.91 Å². The molecule has 1 aromatic heterocycles. The predicted molar refractivity (Wildman–Crippen MR) is 103 cm³/mol. The molecule has 2 aromatic rings. The molecule has 0 spiro atoms. The highest BCUT2D eigenvalue weighted by Gasteiger charge is 2.48. The Morgan fingerprint density at radius 3 is 2.45 bits per heavy atom. The number of anilines is 1. The highest BCUT2D eigenvalue weighted by Crippen LogP contribution is 2.46. The third-order valence-electron chi connectivity index (χ3n) is 5.49. The molecule has 6 nitrogen and oxygen atoms in total. The Morgan fingerprint density at radius 2 is 1.83 bits per heavy atom. The molecule has 29 heavy (non-hydrogen) atoms. The Labute approximate surface area is 171 Å². The van der Waals surface area contributed by atoms with E-state index in [1.54, 1.807) is 35.2 Å². The van der Waals surface area contributed by atoms with Gasteiger partial charge in [0.15, 0.2) is 11.7 Å². The number of carbonyl (C=O) groups is 1. The quantitative estimate of drug-likeness (QED) is 0.796. The van der Waals surface area contributed by atoms with Crippen molar-refractivity contribution in [3.63, 3.8) is 0 Å². The van der Waals surface area contributed by atoms with E-state index in [1.807, 2.05) is 7.05 Å². The van der Waals surface area contributed by atoms with Crippen LogP contribution in [0.5, 0.6) is 0 Å². The molecule has 3 heterocycles. The van der Waals surface area contributed by atoms with Crippen molar-refractivity contribution in [2.75, 3.05) is 38.5 Å². The molecule has 2 aliphatic rings. The molecule has 10 heteroatoms. The Bertz CT molecular complexity index is 893. The first-order valence-electron chi connectivity index (χ1n) is 9.39. The summed E-state index contributed by atoms with van der Waals surface area (Å²) in [5, 5.41) is 7.01. The smallest absolute Gasteiger partial charge is 0.362 e. The lowest BCUT2D eigenvalue weighted by atomic mass is 9.97. The number of rotatable bonds is 2. The summed E-state index contributed by atoms with van der Waals surface area (Å²) < 4.78 is 42.3. The minimum atomic E-state index is -4.52. The predicted octanol–water partition coefficient (Wildman–Crippen LogP) is 3.58. The molecule has 0 bridgehead atoms. The normalized spacial score (nSPS) is 22.9. The number of carbonyl (C=O) groups excluding carboxylic acids is 1. The van der Waals surface area contributed by atoms with Gasteiger partial charge < -0.3 is 15.1 Å². The topological polar surface area (TPSA) is 53.4 Å². The summed E-state index contributed by atoms with van der Waals surface area (Å²) in [5.74, 6) is -0.407. The summed E-state index contributed by atoms with van der Waals surface area (Å²) >= 11 is 6.38. The third kappa shape index (κ3) is 3.81. The zero-order valence-electron chi connectivity index (χ0n) is 15.8. The van der Waals surface area contributed by atoms with Crippen LogP contribution in [0.2, 0.25) is 5.02 Å². The number of fused-ring (bicyclic) bond motifs is 1. The number of hydrogen-bond acceptors (Lipinski definition) is 4. The monoisotopic (exact) mass is 427 g/mol. The first kappa shape index (κ1) is 20.0. The molecule has 156 valence electrons. The molecule has 0 saturated carbocycles. The van der Waals surface area contributed by atoms with Gasteiger partial charge in [-0.05, 0) is 12.6 Å². The molecule has 2 aliphatic heterocycles. The highest BCUT2D eigenvalue weighted by atomic mass is 35.5. The number of aromatic nitrogens is 2. The van der Waals surface area contributed by atoms with Gasteiger partial charge in [-0.15, -0.1) is 0 Å². The van der Waals surface area contributed by atoms with Gasteiger partial charge in [-0.2, -0.15) is 18.3 Å². The molecule has 0 aliphatic carbocycles. The van der Waals surface area contributed by atoms with Crippen molar-refractivity contribution in [1.82, 2.24) is 19.6 Å². The maximum atomic E-state index is 13.8. The van der Waals surface area contributed by atoms with Crippen molar-refractivity contribution in [2.45, 2.75) is 24.7 Å². The summed E-state index contributed by atoms with van der Waals surface area (Å²) in [6.07, 6.45) is -4.76. The minimum Gasteiger partial charge on any atom is -0.362 e. The van der Waals surface area contributed by atoms with Crippen molar-refractivity contribution < 1.29 is 18.0 Å². The number of nitrogens with one attached hydrogen (secondary N) is 1. The lowest BCUT2D eigenvalue weighted by Gasteiger charge is -2.33. The number of halogens is 4. The largest absolute Gasteiger partial charge is 0.410 e. The van der Waals surface area contributed by atoms with Crippen molar-refractivity contribution in [3.05, 3.63) is 46.6 Å². The Balaban J connectivity index is 1.69. The summed E-state index contributed by atoms with van der Waals surface area (Å²) in [6, 6.07) is 6.43. The van der Waals surface area contributed by atoms with Gasteiger partial charge in [-0.1, -0.05) is 41.9 Å². The van der Waals surface area contributed by atoms with Crippen LogP contribution < -0.4 is 5.32 Å². The van der Waals surface area contributed by atoms with Crippen molar-refractivity contribution >= 4 is 23.3 Å². The van der Waals surface area contributed by atoms with Crippen molar-refractivity contribution in [3.8, 4) is 0 Å². The molecule has 0 radical (unpaired) electrons. The molecule has 1 saturated heterocycles. The lowest BCUT2D eigenvalue weighted by Crippen LogP contribution is -2.47. The van der Waals surface area contributed by atoms with Crippen molar-refractivity contribution in [1.29, 1.82) is 0 Å². The van der Waals surface area contributed by atoms with Crippen LogP contribution in [0.1, 0.15) is 34.6 Å². The average Bonchev–Trinajstić information content (AvgIpc) is 3.04. The average molecular weight is 428 g/mol. The number of alkyl halides is 3. The molecular formula is C19H21ClF3N5O. The van der Waals surface area contributed by atoms with Gasteiger partial charge in [-0.25, -0.2) is 4.68 Å². The molecule has 0 unspecified atom stereocenters. The molecule has 1 fully saturated rings. The van der Waals surface area contributed by atoms with E-state index in [0.717, 1.165) is 10.2 Å². The standard InChI is InChI=1S/C19H21ClF3N5O/c1-26-7-9-27(10-8-26)18(29)16-15(20)17-24-13(12-5-3-2-4-6-12)11-14(19(21,22)23)28(17)25-16/h2-6,13-14,24H,7-11H2,1H3/t13-,14+/m1/s1. The first-order valence-corrected chi connectivity index (χ1v) is 9.77. The maximum Gasteiger partial charge on any atom is 0.410 e. The van der Waals surface area contributed by atoms with Gasteiger partial charge in [0, 0.05) is 32.6 Å². The fraction of sp³-hybridized carbons (Fsp3) is 0.474. The zero-order chi connectivity index (χ0) is 20.8. The minimum absolute atomic E-state index is 0.0339. The molecule has 4 rings (SSSR count). The molecule has 2 atom stereocenters. The fourth-order valence-electron chi connectivity index (χ4n) is 3.79. The van der Waals surface area contributed by atoms with Gasteiger partial charge in [-0.3, -0.25) is 4.79 Å². The maximum absolute atomic E-state index is 13.8. The van der Waals surface area contributed by atoms with E-state index < -0.39 is 24.2 Å². The van der Waals surface area contributed by atoms with Crippen LogP contribution in [0.15, 0.2) is 30.3 Å². The van der Waals surface area contributed by atoms with E-state index >= 15 is 0 Å². The van der Waals surface area contributed by atoms with E-state index in [-0.39, 0.29) is 23.0 Å². The zero-order valence-corrected chi connectivity index (χ0v) is 16.5. The van der Waals surface area contributed by atoms with E-state index in [4.69, 9.17) is 11.6 Å². The highest BCUT2D eigenvalue weighted by molar-refractivity contribution is 6.36. The fourth-order valence-corrected chi connectivity index (χ4v) is 4.05. The van der Waals surface area contributed by atoms with Crippen LogP contribution in [0.4, 0.5) is 19.0 Å². The summed E-state index contributed by atoms with van der Waals surface area (Å²) in [7, 11) is 1.95. The number of nitrogens with zero attached hydrogens (tertiary/aromatic N) is 4. The van der Waals surface area contributed by atoms with E-state index in [0.29, 0.717) is 26.2 Å². The summed E-state index contributed by atoms with van der Waals surface area (Å²) in [4.78, 5) is 16.6. The van der Waals surface area contributed by atoms with Gasteiger partial charge >= 0.3 is 6.18 Å². The molecule has 1 N–H and O–H groups in total. The second kappa shape index (κ2) is 7.53. The first-order chi connectivity index (χ1) is 13.8. The molecule has 1 amide bonds. The summed E-state index contributed by atoms with van der Waals surface area (Å²) in [5.41, 5.74) is 0.582. The molecule has 1 aromatic carbocycles. The van der Waals surface area contributed by atoms with E-state index in [9.17, 15) is 18.0 Å². The second-order valence-corrected chi connectivity index (χ2v) is 7.83. The van der Waals surface area contributed by atoms with Crippen LogP contribution in [0.3, 0.4) is 0 Å². The third-order valence-corrected chi connectivity index (χ3v) is 5.85. The van der Waals surface area contributed by atoms with Gasteiger partial charge in [0.1, 0.15) is 10.8 Å². The Hall–Kier alpha value is -2.26. The van der Waals surface area contributed by atoms with Crippen LogP contribution in [0.25, 0.3) is 0 Å². The Kier molecular flexibility index (Phi) is 5.20. The number of amides is 1. The SMILES string of the molecule is CN1CCN(C(=O)c2nn3c(c2Cl)N[C@@H](c2ccccc2)C[C@H]3C(F)(F)F)CC1. The van der Waals surface area contributed by atoms with E-state index in [2.05, 4.69) is 15.3 Å². The van der Waals surface area contributed by atoms with Gasteiger partial charge in [0.05, 0.1) is 6.04 Å². The number of hydrogen-bond donors (Lipinski definition) is 1. The molecular weight excluding hydrogens is 407 g/mol. The van der Waals surface area contributed by atoms with Crippen LogP contribution in [-0.4, -0.2) is 64.9 Å². The van der Waals surface area contributed by atoms with Crippen LogP contribution in [0, 0.1) is 0 Å². The van der Waals surface area contributed by atoms with E-state index in [1.165, 1.54) is 0 Å². The van der Waals surface area contributed by atoms with Gasteiger partial charge in [0.2, 0.25) is 0 Å². The number of likely N-dealkylation sites (N-methyl/N-ethyl adjacent to an activating group) is 1. The van der Waals surface area contributed by atoms with Crippen molar-refractivity contribution in [2.24, 2.45) is 0 Å². The Morgan fingerprint density at radius 1 is 1.17 bits per heavy atom. The summed E-state index contributed by atoms with van der Waals surface area (Å²) in [6.45, 7) is 2.35. The van der Waals surface area contributed by atoms with Crippen LogP contribution >= 0.6 is 11.6 Å². The van der Waals surface area contributed by atoms with Crippen LogP contribution in [-0.2, 0) is 0 Å². The second-order valence-electron chi connectivity index (χ2n) is 7.45.